The standard InChI is InChI=1S/C14H20N2O4S/c1-4-16(5-2)14(18)10-15-21(19,20)13-8-6-12(7-9-13)11(3)17/h6-9,15H,4-5,10H2,1-3H3. The average Bonchev–Trinajstić information content (AvgIpc) is 2.46. The van der Waals surface area contributed by atoms with Gasteiger partial charge in [-0.1, -0.05) is 12.1 Å². The summed E-state index contributed by atoms with van der Waals surface area (Å²) in [4.78, 5) is 24.5. The summed E-state index contributed by atoms with van der Waals surface area (Å²) in [5.74, 6) is -0.410. The van der Waals surface area contributed by atoms with E-state index >= 15 is 0 Å². The predicted molar refractivity (Wildman–Crippen MR) is 79.6 cm³/mol. The molecule has 0 spiro atoms. The molecule has 0 unspecified atom stereocenters. The van der Waals surface area contributed by atoms with Crippen molar-refractivity contribution in [1.82, 2.24) is 9.62 Å². The molecule has 0 saturated heterocycles. The Morgan fingerprint density at radius 2 is 1.62 bits per heavy atom. The van der Waals surface area contributed by atoms with Crippen LogP contribution in [0.1, 0.15) is 31.1 Å². The Hall–Kier alpha value is -1.73. The molecule has 0 aromatic heterocycles. The maximum absolute atomic E-state index is 12.1. The number of benzene rings is 1. The van der Waals surface area contributed by atoms with Gasteiger partial charge in [-0.3, -0.25) is 9.59 Å². The van der Waals surface area contributed by atoms with Crippen molar-refractivity contribution < 1.29 is 18.0 Å². The number of likely N-dealkylation sites (N-methyl/N-ethyl adjacent to an activating group) is 1. The number of amides is 1. The lowest BCUT2D eigenvalue weighted by molar-refractivity contribution is -0.129. The van der Waals surface area contributed by atoms with Crippen LogP contribution in [0.25, 0.3) is 0 Å². The minimum atomic E-state index is -3.76. The third-order valence-electron chi connectivity index (χ3n) is 3.10. The van der Waals surface area contributed by atoms with E-state index in [1.165, 1.54) is 31.2 Å². The highest BCUT2D eigenvalue weighted by Gasteiger charge is 2.17. The van der Waals surface area contributed by atoms with E-state index in [1.807, 2.05) is 13.8 Å². The molecule has 1 rings (SSSR count). The van der Waals surface area contributed by atoms with Crippen LogP contribution < -0.4 is 4.72 Å². The van der Waals surface area contributed by atoms with Gasteiger partial charge in [0.15, 0.2) is 5.78 Å². The third kappa shape index (κ3) is 4.64. The maximum Gasteiger partial charge on any atom is 0.241 e. The van der Waals surface area contributed by atoms with E-state index in [4.69, 9.17) is 0 Å². The summed E-state index contributed by atoms with van der Waals surface area (Å²) >= 11 is 0. The van der Waals surface area contributed by atoms with Crippen LogP contribution in [0.3, 0.4) is 0 Å². The van der Waals surface area contributed by atoms with E-state index in [0.717, 1.165) is 0 Å². The van der Waals surface area contributed by atoms with E-state index in [-0.39, 0.29) is 23.1 Å². The van der Waals surface area contributed by atoms with Gasteiger partial charge in [0, 0.05) is 18.7 Å². The van der Waals surface area contributed by atoms with E-state index < -0.39 is 10.0 Å². The fourth-order valence-corrected chi connectivity index (χ4v) is 2.77. The summed E-state index contributed by atoms with van der Waals surface area (Å²) in [6, 6.07) is 5.59. The number of nitrogens with one attached hydrogen (secondary N) is 1. The molecule has 7 heteroatoms. The largest absolute Gasteiger partial charge is 0.342 e. The Morgan fingerprint density at radius 1 is 1.10 bits per heavy atom. The topological polar surface area (TPSA) is 83.6 Å². The molecular formula is C14H20N2O4S. The third-order valence-corrected chi connectivity index (χ3v) is 4.52. The fraction of sp³-hybridized carbons (Fsp3) is 0.429. The Balaban J connectivity index is 2.78. The fourth-order valence-electron chi connectivity index (χ4n) is 1.80. The molecule has 0 atom stereocenters. The van der Waals surface area contributed by atoms with E-state index in [1.54, 1.807) is 4.90 Å². The van der Waals surface area contributed by atoms with Gasteiger partial charge in [0.05, 0.1) is 11.4 Å². The van der Waals surface area contributed by atoms with Gasteiger partial charge in [-0.05, 0) is 32.9 Å². The van der Waals surface area contributed by atoms with Crippen LogP contribution in [-0.2, 0) is 14.8 Å². The number of sulfonamides is 1. The highest BCUT2D eigenvalue weighted by atomic mass is 32.2. The minimum Gasteiger partial charge on any atom is -0.342 e. The van der Waals surface area contributed by atoms with Crippen molar-refractivity contribution in [3.05, 3.63) is 29.8 Å². The van der Waals surface area contributed by atoms with Crippen LogP contribution in [0.4, 0.5) is 0 Å². The lowest BCUT2D eigenvalue weighted by Gasteiger charge is -2.18. The molecule has 0 saturated carbocycles. The molecule has 1 aromatic rings. The normalized spacial score (nSPS) is 11.2. The molecular weight excluding hydrogens is 292 g/mol. The Morgan fingerprint density at radius 3 is 2.05 bits per heavy atom. The molecule has 0 fully saturated rings. The van der Waals surface area contributed by atoms with Crippen LogP contribution in [0.5, 0.6) is 0 Å². The van der Waals surface area contributed by atoms with Crippen LogP contribution in [0.2, 0.25) is 0 Å². The molecule has 21 heavy (non-hydrogen) atoms. The quantitative estimate of drug-likeness (QED) is 0.762. The second-order valence-electron chi connectivity index (χ2n) is 4.47. The first-order chi connectivity index (χ1) is 9.81. The monoisotopic (exact) mass is 312 g/mol. The highest BCUT2D eigenvalue weighted by molar-refractivity contribution is 7.89. The Bertz CT molecular complexity index is 604. The minimum absolute atomic E-state index is 0.0276. The zero-order valence-corrected chi connectivity index (χ0v) is 13.2. The molecule has 116 valence electrons. The summed E-state index contributed by atoms with van der Waals surface area (Å²) in [5, 5.41) is 0. The zero-order valence-electron chi connectivity index (χ0n) is 12.4. The second kappa shape index (κ2) is 7.33. The van der Waals surface area contributed by atoms with Crippen LogP contribution >= 0.6 is 0 Å². The molecule has 0 radical (unpaired) electrons. The SMILES string of the molecule is CCN(CC)C(=O)CNS(=O)(=O)c1ccc(C(C)=O)cc1. The molecule has 1 aromatic carbocycles. The second-order valence-corrected chi connectivity index (χ2v) is 6.24. The van der Waals surface area contributed by atoms with Crippen LogP contribution in [-0.4, -0.2) is 44.6 Å². The number of carbonyl (C=O) groups excluding carboxylic acids is 2. The number of ketones is 1. The average molecular weight is 312 g/mol. The summed E-state index contributed by atoms with van der Waals surface area (Å²) in [6.07, 6.45) is 0. The van der Waals surface area contributed by atoms with Crippen molar-refractivity contribution in [2.45, 2.75) is 25.7 Å². The summed E-state index contributed by atoms with van der Waals surface area (Å²) in [5.41, 5.74) is 0.438. The van der Waals surface area contributed by atoms with Crippen molar-refractivity contribution in [2.24, 2.45) is 0 Å². The highest BCUT2D eigenvalue weighted by Crippen LogP contribution is 2.10. The lowest BCUT2D eigenvalue weighted by atomic mass is 10.2. The molecule has 1 N–H and O–H groups in total. The number of Topliss-reactive ketones (excluding diaryl/α,β-unsaturated/α-hetero) is 1. The van der Waals surface area contributed by atoms with E-state index in [0.29, 0.717) is 18.7 Å². The van der Waals surface area contributed by atoms with Gasteiger partial charge in [0.2, 0.25) is 15.9 Å². The molecule has 0 aliphatic rings. The Kier molecular flexibility index (Phi) is 6.04. The summed E-state index contributed by atoms with van der Waals surface area (Å²) in [6.45, 7) is 5.85. The van der Waals surface area contributed by atoms with Crippen molar-refractivity contribution in [3.63, 3.8) is 0 Å². The smallest absolute Gasteiger partial charge is 0.241 e. The Labute approximate surface area is 125 Å². The van der Waals surface area contributed by atoms with Gasteiger partial charge in [-0.25, -0.2) is 13.1 Å². The number of nitrogens with zero attached hydrogens (tertiary/aromatic N) is 1. The van der Waals surface area contributed by atoms with Gasteiger partial charge in [0.1, 0.15) is 0 Å². The van der Waals surface area contributed by atoms with E-state index in [2.05, 4.69) is 4.72 Å². The van der Waals surface area contributed by atoms with Crippen molar-refractivity contribution in [2.75, 3.05) is 19.6 Å². The van der Waals surface area contributed by atoms with Crippen LogP contribution in [0, 0.1) is 0 Å². The number of hydrogen-bond acceptors (Lipinski definition) is 4. The first-order valence-electron chi connectivity index (χ1n) is 6.70. The first kappa shape index (κ1) is 17.3. The molecule has 0 bridgehead atoms. The summed E-state index contributed by atoms with van der Waals surface area (Å²) in [7, 11) is -3.76. The predicted octanol–water partition coefficient (Wildman–Crippen LogP) is 1.04. The van der Waals surface area contributed by atoms with Crippen molar-refractivity contribution in [3.8, 4) is 0 Å². The number of hydrogen-bond donors (Lipinski definition) is 1. The van der Waals surface area contributed by atoms with Gasteiger partial charge in [0.25, 0.3) is 0 Å². The molecule has 1 amide bonds. The zero-order chi connectivity index (χ0) is 16.0. The molecule has 0 heterocycles. The number of carbonyl (C=O) groups is 2. The maximum atomic E-state index is 12.1. The van der Waals surface area contributed by atoms with Crippen LogP contribution in [0.15, 0.2) is 29.2 Å². The number of rotatable bonds is 7. The summed E-state index contributed by atoms with van der Waals surface area (Å²) < 4.78 is 26.4. The molecule has 0 aliphatic carbocycles. The van der Waals surface area contributed by atoms with Gasteiger partial charge in [-0.2, -0.15) is 0 Å². The van der Waals surface area contributed by atoms with Crippen molar-refractivity contribution >= 4 is 21.7 Å². The lowest BCUT2D eigenvalue weighted by Crippen LogP contribution is -2.39. The van der Waals surface area contributed by atoms with Crippen molar-refractivity contribution in [1.29, 1.82) is 0 Å². The molecule has 0 aliphatic heterocycles. The van der Waals surface area contributed by atoms with Gasteiger partial charge < -0.3 is 4.90 Å². The van der Waals surface area contributed by atoms with Gasteiger partial charge in [-0.15, -0.1) is 0 Å². The first-order valence-corrected chi connectivity index (χ1v) is 8.18. The van der Waals surface area contributed by atoms with E-state index in [9.17, 15) is 18.0 Å². The van der Waals surface area contributed by atoms with Gasteiger partial charge >= 0.3 is 0 Å². The molecule has 6 nitrogen and oxygen atoms in total.